The number of nitrogens with zero attached hydrogens (tertiary/aromatic N) is 1. The Bertz CT molecular complexity index is 603. The molecule has 1 aromatic carbocycles. The highest BCUT2D eigenvalue weighted by Crippen LogP contribution is 2.23. The van der Waals surface area contributed by atoms with Gasteiger partial charge in [0, 0.05) is 18.0 Å². The van der Waals surface area contributed by atoms with Crippen LogP contribution in [0.3, 0.4) is 0 Å². The van der Waals surface area contributed by atoms with Gasteiger partial charge in [0.15, 0.2) is 6.61 Å². The fourth-order valence-corrected chi connectivity index (χ4v) is 3.04. The van der Waals surface area contributed by atoms with E-state index in [0.29, 0.717) is 12.3 Å². The Hall–Kier alpha value is -2.02. The zero-order valence-electron chi connectivity index (χ0n) is 13.2. The number of hydrogen-bond acceptors (Lipinski definition) is 5. The molecule has 2 rings (SSSR count). The van der Waals surface area contributed by atoms with Gasteiger partial charge in [-0.25, -0.2) is 0 Å². The molecule has 23 heavy (non-hydrogen) atoms. The van der Waals surface area contributed by atoms with Gasteiger partial charge in [-0.1, -0.05) is 43.8 Å². The van der Waals surface area contributed by atoms with E-state index in [2.05, 4.69) is 5.32 Å². The van der Waals surface area contributed by atoms with Crippen LogP contribution in [0.4, 0.5) is 10.5 Å². The predicted molar refractivity (Wildman–Crippen MR) is 89.5 cm³/mol. The van der Waals surface area contributed by atoms with Crippen LogP contribution in [0.15, 0.2) is 24.3 Å². The second-order valence-corrected chi connectivity index (χ2v) is 6.53. The van der Waals surface area contributed by atoms with Gasteiger partial charge in [-0.15, -0.1) is 0 Å². The van der Waals surface area contributed by atoms with Crippen molar-refractivity contribution >= 4 is 34.6 Å². The standard InChI is InChI=1S/C16H20N2O4S/c1-11(2)12-5-3-4-6-13(12)17-14(19)10-22-15(20)9-18-7-8-23-16(18)21/h3-6,11H,7-10H2,1-2H3,(H,17,19). The van der Waals surface area contributed by atoms with Crippen molar-refractivity contribution in [2.75, 3.05) is 30.8 Å². The zero-order chi connectivity index (χ0) is 16.8. The van der Waals surface area contributed by atoms with E-state index < -0.39 is 11.9 Å². The van der Waals surface area contributed by atoms with Crippen LogP contribution in [-0.2, 0) is 14.3 Å². The number of carbonyl (C=O) groups is 3. The maximum Gasteiger partial charge on any atom is 0.326 e. The third-order valence-corrected chi connectivity index (χ3v) is 4.28. The topological polar surface area (TPSA) is 75.7 Å². The van der Waals surface area contributed by atoms with Crippen molar-refractivity contribution in [1.29, 1.82) is 0 Å². The Kier molecular flexibility index (Phi) is 6.04. The summed E-state index contributed by atoms with van der Waals surface area (Å²) in [6.07, 6.45) is 0. The molecule has 0 aliphatic carbocycles. The lowest BCUT2D eigenvalue weighted by molar-refractivity contribution is -0.147. The Labute approximate surface area is 139 Å². The van der Waals surface area contributed by atoms with Crippen LogP contribution >= 0.6 is 11.8 Å². The van der Waals surface area contributed by atoms with Crippen molar-refractivity contribution in [1.82, 2.24) is 4.90 Å². The zero-order valence-corrected chi connectivity index (χ0v) is 14.0. The van der Waals surface area contributed by atoms with Crippen LogP contribution in [0.1, 0.15) is 25.3 Å². The van der Waals surface area contributed by atoms with Crippen LogP contribution in [0, 0.1) is 0 Å². The fraction of sp³-hybridized carbons (Fsp3) is 0.438. The average Bonchev–Trinajstić information content (AvgIpc) is 2.91. The number of hydrogen-bond donors (Lipinski definition) is 1. The molecule has 0 atom stereocenters. The van der Waals surface area contributed by atoms with Crippen molar-refractivity contribution in [3.63, 3.8) is 0 Å². The third-order valence-electron chi connectivity index (χ3n) is 3.39. The van der Waals surface area contributed by atoms with Gasteiger partial charge in [0.2, 0.25) is 0 Å². The van der Waals surface area contributed by atoms with Crippen LogP contribution in [0.2, 0.25) is 0 Å². The normalized spacial score (nSPS) is 14.2. The summed E-state index contributed by atoms with van der Waals surface area (Å²) in [7, 11) is 0. The van der Waals surface area contributed by atoms with Crippen molar-refractivity contribution < 1.29 is 19.1 Å². The molecular formula is C16H20N2O4S. The lowest BCUT2D eigenvalue weighted by Gasteiger charge is -2.15. The monoisotopic (exact) mass is 336 g/mol. The molecule has 0 radical (unpaired) electrons. The van der Waals surface area contributed by atoms with Crippen LogP contribution in [0.25, 0.3) is 0 Å². The largest absolute Gasteiger partial charge is 0.454 e. The van der Waals surface area contributed by atoms with E-state index in [4.69, 9.17) is 4.74 Å². The minimum atomic E-state index is -0.576. The molecule has 1 heterocycles. The number of anilines is 1. The summed E-state index contributed by atoms with van der Waals surface area (Å²) in [5.74, 6) is -0.0204. The number of rotatable bonds is 6. The molecule has 1 aliphatic heterocycles. The number of ether oxygens (including phenoxy) is 1. The van der Waals surface area contributed by atoms with Crippen molar-refractivity contribution in [2.45, 2.75) is 19.8 Å². The molecule has 124 valence electrons. The lowest BCUT2D eigenvalue weighted by Crippen LogP contribution is -2.32. The molecule has 0 saturated carbocycles. The second kappa shape index (κ2) is 8.01. The van der Waals surface area contributed by atoms with Gasteiger partial charge in [-0.2, -0.15) is 0 Å². The highest BCUT2D eigenvalue weighted by molar-refractivity contribution is 8.13. The molecule has 2 amide bonds. The van der Waals surface area contributed by atoms with E-state index in [0.717, 1.165) is 11.3 Å². The predicted octanol–water partition coefficient (Wildman–Crippen LogP) is 2.46. The van der Waals surface area contributed by atoms with Crippen molar-refractivity contribution in [3.05, 3.63) is 29.8 Å². The minimum Gasteiger partial charge on any atom is -0.454 e. The van der Waals surface area contributed by atoms with Gasteiger partial charge < -0.3 is 15.0 Å². The van der Waals surface area contributed by atoms with Gasteiger partial charge in [0.05, 0.1) is 0 Å². The molecule has 0 unspecified atom stereocenters. The van der Waals surface area contributed by atoms with Gasteiger partial charge in [-0.05, 0) is 17.5 Å². The molecule has 1 fully saturated rings. The molecule has 1 aromatic rings. The number of benzene rings is 1. The maximum absolute atomic E-state index is 11.9. The number of carbonyl (C=O) groups excluding carboxylic acids is 3. The van der Waals surface area contributed by atoms with E-state index in [-0.39, 0.29) is 24.3 Å². The molecule has 1 saturated heterocycles. The summed E-state index contributed by atoms with van der Waals surface area (Å²) in [6.45, 7) is 4.14. The molecular weight excluding hydrogens is 316 g/mol. The van der Waals surface area contributed by atoms with E-state index >= 15 is 0 Å². The van der Waals surface area contributed by atoms with Gasteiger partial charge in [0.25, 0.3) is 11.1 Å². The number of amides is 2. The van der Waals surface area contributed by atoms with Crippen molar-refractivity contribution in [2.24, 2.45) is 0 Å². The summed E-state index contributed by atoms with van der Waals surface area (Å²) in [5.41, 5.74) is 1.74. The van der Waals surface area contributed by atoms with Crippen LogP contribution < -0.4 is 5.32 Å². The quantitative estimate of drug-likeness (QED) is 0.808. The SMILES string of the molecule is CC(C)c1ccccc1NC(=O)COC(=O)CN1CCSC1=O. The molecule has 0 spiro atoms. The molecule has 6 nitrogen and oxygen atoms in total. The number of para-hydroxylation sites is 1. The van der Waals surface area contributed by atoms with Crippen molar-refractivity contribution in [3.8, 4) is 0 Å². The highest BCUT2D eigenvalue weighted by atomic mass is 32.2. The van der Waals surface area contributed by atoms with Gasteiger partial charge in [0.1, 0.15) is 6.54 Å². The van der Waals surface area contributed by atoms with Gasteiger partial charge in [-0.3, -0.25) is 14.4 Å². The summed E-state index contributed by atoms with van der Waals surface area (Å²) in [4.78, 5) is 36.4. The van der Waals surface area contributed by atoms with E-state index in [1.54, 1.807) is 0 Å². The minimum absolute atomic E-state index is 0.109. The summed E-state index contributed by atoms with van der Waals surface area (Å²) in [6, 6.07) is 7.51. The first-order valence-corrected chi connectivity index (χ1v) is 8.42. The maximum atomic E-state index is 11.9. The molecule has 0 bridgehead atoms. The fourth-order valence-electron chi connectivity index (χ4n) is 2.22. The smallest absolute Gasteiger partial charge is 0.326 e. The van der Waals surface area contributed by atoms with Crippen LogP contribution in [0.5, 0.6) is 0 Å². The van der Waals surface area contributed by atoms with E-state index in [9.17, 15) is 14.4 Å². The Balaban J connectivity index is 1.81. The molecule has 0 aromatic heterocycles. The number of esters is 1. The summed E-state index contributed by atoms with van der Waals surface area (Å²) >= 11 is 1.18. The Morgan fingerprint density at radius 3 is 2.74 bits per heavy atom. The number of thioether (sulfide) groups is 1. The second-order valence-electron chi connectivity index (χ2n) is 5.49. The molecule has 7 heteroatoms. The summed E-state index contributed by atoms with van der Waals surface area (Å²) < 4.78 is 4.93. The lowest BCUT2D eigenvalue weighted by atomic mass is 10.0. The Morgan fingerprint density at radius 1 is 1.35 bits per heavy atom. The first-order valence-electron chi connectivity index (χ1n) is 7.43. The first kappa shape index (κ1) is 17.3. The highest BCUT2D eigenvalue weighted by Gasteiger charge is 2.24. The summed E-state index contributed by atoms with van der Waals surface area (Å²) in [5, 5.41) is 2.62. The van der Waals surface area contributed by atoms with Gasteiger partial charge >= 0.3 is 5.97 Å². The Morgan fingerprint density at radius 2 is 2.09 bits per heavy atom. The average molecular weight is 336 g/mol. The van der Waals surface area contributed by atoms with E-state index in [1.165, 1.54) is 16.7 Å². The third kappa shape index (κ3) is 4.99. The van der Waals surface area contributed by atoms with E-state index in [1.807, 2.05) is 38.1 Å². The molecule has 1 N–H and O–H groups in total. The van der Waals surface area contributed by atoms with Crippen LogP contribution in [-0.4, -0.2) is 47.5 Å². The molecule has 1 aliphatic rings. The first-order chi connectivity index (χ1) is 11.0. The number of nitrogens with one attached hydrogen (secondary N) is 1.